The molecule has 1 aromatic heterocycles. The molecule has 0 aliphatic heterocycles. The van der Waals surface area contributed by atoms with Crippen molar-refractivity contribution in [1.82, 2.24) is 4.98 Å². The number of halogens is 4. The highest BCUT2D eigenvalue weighted by Crippen LogP contribution is 2.32. The minimum absolute atomic E-state index is 0.00959. The summed E-state index contributed by atoms with van der Waals surface area (Å²) in [5.41, 5.74) is -0.544. The molecule has 102 valence electrons. The van der Waals surface area contributed by atoms with Crippen LogP contribution in [0.3, 0.4) is 0 Å². The Kier molecular flexibility index (Phi) is 3.81. The van der Waals surface area contributed by atoms with Crippen molar-refractivity contribution in [2.45, 2.75) is 6.18 Å². The standard InChI is InChI=1S/C13H7ClF3N3/c14-9-1-3-10(4-2-9)20-11-5-8(13(15,16)17)7-19-12(11)6-18/h1-5,7,20H. The van der Waals surface area contributed by atoms with E-state index < -0.39 is 11.7 Å². The second kappa shape index (κ2) is 5.39. The molecule has 20 heavy (non-hydrogen) atoms. The number of nitrogens with one attached hydrogen (secondary N) is 1. The van der Waals surface area contributed by atoms with Crippen molar-refractivity contribution >= 4 is 23.0 Å². The van der Waals surface area contributed by atoms with Crippen molar-refractivity contribution in [3.63, 3.8) is 0 Å². The molecule has 0 unspecified atom stereocenters. The number of rotatable bonds is 2. The lowest BCUT2D eigenvalue weighted by Gasteiger charge is -2.11. The Bertz CT molecular complexity index is 660. The summed E-state index contributed by atoms with van der Waals surface area (Å²) in [6.45, 7) is 0. The van der Waals surface area contributed by atoms with Crippen LogP contribution in [0.4, 0.5) is 24.5 Å². The van der Waals surface area contributed by atoms with Gasteiger partial charge in [-0.1, -0.05) is 11.6 Å². The summed E-state index contributed by atoms with van der Waals surface area (Å²) in [6, 6.07) is 8.92. The first-order valence-electron chi connectivity index (χ1n) is 5.40. The highest BCUT2D eigenvalue weighted by atomic mass is 35.5. The van der Waals surface area contributed by atoms with Gasteiger partial charge >= 0.3 is 6.18 Å². The summed E-state index contributed by atoms with van der Waals surface area (Å²) in [7, 11) is 0. The summed E-state index contributed by atoms with van der Waals surface area (Å²) in [6.07, 6.45) is -3.89. The van der Waals surface area contributed by atoms with Crippen LogP contribution in [0, 0.1) is 11.3 Å². The van der Waals surface area contributed by atoms with Crippen LogP contribution >= 0.6 is 11.6 Å². The Balaban J connectivity index is 2.39. The van der Waals surface area contributed by atoms with Crippen molar-refractivity contribution in [3.8, 4) is 6.07 Å². The predicted molar refractivity (Wildman–Crippen MR) is 68.7 cm³/mol. The second-order valence-corrected chi connectivity index (χ2v) is 4.30. The molecule has 2 rings (SSSR count). The molecule has 1 N–H and O–H groups in total. The highest BCUT2D eigenvalue weighted by molar-refractivity contribution is 6.30. The van der Waals surface area contributed by atoms with E-state index in [2.05, 4.69) is 10.3 Å². The Morgan fingerprint density at radius 1 is 1.20 bits per heavy atom. The van der Waals surface area contributed by atoms with Crippen LogP contribution < -0.4 is 5.32 Å². The fourth-order valence-corrected chi connectivity index (χ4v) is 1.62. The SMILES string of the molecule is N#Cc1ncc(C(F)(F)F)cc1Nc1ccc(Cl)cc1. The average molecular weight is 298 g/mol. The fourth-order valence-electron chi connectivity index (χ4n) is 1.49. The molecule has 0 saturated heterocycles. The Morgan fingerprint density at radius 2 is 1.85 bits per heavy atom. The number of aromatic nitrogens is 1. The van der Waals surface area contributed by atoms with Gasteiger partial charge in [0.25, 0.3) is 0 Å². The lowest BCUT2D eigenvalue weighted by Crippen LogP contribution is -2.07. The molecule has 2 aromatic rings. The summed E-state index contributed by atoms with van der Waals surface area (Å²) in [4.78, 5) is 3.51. The third kappa shape index (κ3) is 3.19. The molecule has 0 spiro atoms. The lowest BCUT2D eigenvalue weighted by atomic mass is 10.2. The normalized spacial score (nSPS) is 10.9. The summed E-state index contributed by atoms with van der Waals surface area (Å²) < 4.78 is 37.9. The zero-order valence-corrected chi connectivity index (χ0v) is 10.6. The number of alkyl halides is 3. The van der Waals surface area contributed by atoms with Crippen LogP contribution in [0.5, 0.6) is 0 Å². The zero-order chi connectivity index (χ0) is 14.8. The molecular weight excluding hydrogens is 291 g/mol. The molecule has 0 amide bonds. The van der Waals surface area contributed by atoms with Gasteiger partial charge < -0.3 is 5.32 Å². The van der Waals surface area contributed by atoms with Crippen molar-refractivity contribution in [2.24, 2.45) is 0 Å². The molecule has 0 aliphatic carbocycles. The minimum atomic E-state index is -4.52. The topological polar surface area (TPSA) is 48.7 Å². The minimum Gasteiger partial charge on any atom is -0.353 e. The van der Waals surface area contributed by atoms with Crippen LogP contribution in [0.2, 0.25) is 5.02 Å². The van der Waals surface area contributed by atoms with Gasteiger partial charge in [0.05, 0.1) is 11.3 Å². The number of pyridine rings is 1. The maximum atomic E-state index is 12.6. The Hall–Kier alpha value is -2.26. The van der Waals surface area contributed by atoms with Gasteiger partial charge in [-0.15, -0.1) is 0 Å². The second-order valence-electron chi connectivity index (χ2n) is 3.86. The van der Waals surface area contributed by atoms with E-state index in [4.69, 9.17) is 16.9 Å². The molecule has 0 radical (unpaired) electrons. The average Bonchev–Trinajstić information content (AvgIpc) is 2.40. The molecule has 7 heteroatoms. The number of hydrogen-bond acceptors (Lipinski definition) is 3. The molecule has 0 aliphatic rings. The summed E-state index contributed by atoms with van der Waals surface area (Å²) in [5, 5.41) is 12.1. The lowest BCUT2D eigenvalue weighted by molar-refractivity contribution is -0.137. The number of benzene rings is 1. The van der Waals surface area contributed by atoms with Crippen molar-refractivity contribution in [1.29, 1.82) is 5.26 Å². The molecule has 0 atom stereocenters. The molecule has 0 saturated carbocycles. The Morgan fingerprint density at radius 3 is 2.40 bits per heavy atom. The molecule has 1 heterocycles. The number of nitrogens with zero attached hydrogens (tertiary/aromatic N) is 2. The number of nitriles is 1. The smallest absolute Gasteiger partial charge is 0.353 e. The van der Waals surface area contributed by atoms with Gasteiger partial charge in [0, 0.05) is 16.9 Å². The van der Waals surface area contributed by atoms with Gasteiger partial charge in [0.2, 0.25) is 0 Å². The van der Waals surface area contributed by atoms with Gasteiger partial charge in [0.15, 0.2) is 5.69 Å². The van der Waals surface area contributed by atoms with Gasteiger partial charge in [-0.05, 0) is 30.3 Å². The van der Waals surface area contributed by atoms with E-state index >= 15 is 0 Å². The maximum absolute atomic E-state index is 12.6. The monoisotopic (exact) mass is 297 g/mol. The van der Waals surface area contributed by atoms with E-state index in [1.165, 1.54) is 0 Å². The predicted octanol–water partition coefficient (Wildman–Crippen LogP) is 4.37. The van der Waals surface area contributed by atoms with E-state index in [1.54, 1.807) is 30.3 Å². The molecule has 0 fully saturated rings. The summed E-state index contributed by atoms with van der Waals surface area (Å²) in [5.74, 6) is 0. The third-order valence-electron chi connectivity index (χ3n) is 2.44. The van der Waals surface area contributed by atoms with E-state index in [0.29, 0.717) is 16.9 Å². The zero-order valence-electron chi connectivity index (χ0n) is 9.87. The van der Waals surface area contributed by atoms with Crippen molar-refractivity contribution < 1.29 is 13.2 Å². The highest BCUT2D eigenvalue weighted by Gasteiger charge is 2.31. The Labute approximate surface area is 117 Å². The van der Waals surface area contributed by atoms with Crippen LogP contribution in [0.15, 0.2) is 36.5 Å². The molecule has 1 aromatic carbocycles. The van der Waals surface area contributed by atoms with Gasteiger partial charge in [-0.3, -0.25) is 0 Å². The van der Waals surface area contributed by atoms with E-state index in [-0.39, 0.29) is 11.4 Å². The summed E-state index contributed by atoms with van der Waals surface area (Å²) >= 11 is 5.72. The third-order valence-corrected chi connectivity index (χ3v) is 2.70. The first kappa shape index (κ1) is 14.2. The first-order chi connectivity index (χ1) is 9.40. The van der Waals surface area contributed by atoms with Gasteiger partial charge in [0.1, 0.15) is 6.07 Å². The molecule has 3 nitrogen and oxygen atoms in total. The fraction of sp³-hybridized carbons (Fsp3) is 0.0769. The quantitative estimate of drug-likeness (QED) is 0.895. The van der Waals surface area contributed by atoms with Crippen molar-refractivity contribution in [2.75, 3.05) is 5.32 Å². The molecule has 0 bridgehead atoms. The maximum Gasteiger partial charge on any atom is 0.417 e. The van der Waals surface area contributed by atoms with Gasteiger partial charge in [-0.25, -0.2) is 4.98 Å². The van der Waals surface area contributed by atoms with Crippen LogP contribution in [0.25, 0.3) is 0 Å². The number of anilines is 2. The van der Waals surface area contributed by atoms with Gasteiger partial charge in [-0.2, -0.15) is 18.4 Å². The van der Waals surface area contributed by atoms with Crippen LogP contribution in [0.1, 0.15) is 11.3 Å². The molecular formula is C13H7ClF3N3. The van der Waals surface area contributed by atoms with E-state index in [0.717, 1.165) is 6.07 Å². The largest absolute Gasteiger partial charge is 0.417 e. The van der Waals surface area contributed by atoms with Crippen molar-refractivity contribution in [3.05, 3.63) is 52.8 Å². The van der Waals surface area contributed by atoms with Crippen LogP contribution in [-0.2, 0) is 6.18 Å². The van der Waals surface area contributed by atoms with E-state index in [9.17, 15) is 13.2 Å². The number of hydrogen-bond donors (Lipinski definition) is 1. The van der Waals surface area contributed by atoms with E-state index in [1.807, 2.05) is 0 Å². The first-order valence-corrected chi connectivity index (χ1v) is 5.78. The van der Waals surface area contributed by atoms with Crippen LogP contribution in [-0.4, -0.2) is 4.98 Å².